The first-order valence-electron chi connectivity index (χ1n) is 6.88. The highest BCUT2D eigenvalue weighted by molar-refractivity contribution is 5.96. The van der Waals surface area contributed by atoms with Gasteiger partial charge in [-0.05, 0) is 42.3 Å². The van der Waals surface area contributed by atoms with Gasteiger partial charge in [-0.25, -0.2) is 0 Å². The van der Waals surface area contributed by atoms with E-state index in [-0.39, 0.29) is 5.91 Å². The molecule has 4 nitrogen and oxygen atoms in total. The van der Waals surface area contributed by atoms with Gasteiger partial charge in [0.05, 0.1) is 0 Å². The molecule has 0 aliphatic heterocycles. The van der Waals surface area contributed by atoms with E-state index in [1.165, 1.54) is 0 Å². The number of benzene rings is 2. The Kier molecular flexibility index (Phi) is 4.48. The van der Waals surface area contributed by atoms with Gasteiger partial charge in [0, 0.05) is 37.6 Å². The number of amides is 1. The fourth-order valence-corrected chi connectivity index (χ4v) is 2.09. The molecule has 0 bridgehead atoms. The van der Waals surface area contributed by atoms with Crippen LogP contribution in [-0.2, 0) is 6.54 Å². The molecule has 3 N–H and O–H groups in total. The minimum absolute atomic E-state index is 0.100. The van der Waals surface area contributed by atoms with Crippen LogP contribution in [0, 0.1) is 6.92 Å². The second kappa shape index (κ2) is 6.31. The maximum Gasteiger partial charge on any atom is 0.251 e. The van der Waals surface area contributed by atoms with Crippen LogP contribution in [0.25, 0.3) is 0 Å². The minimum Gasteiger partial charge on any atom is -0.398 e. The first kappa shape index (κ1) is 14.9. The van der Waals surface area contributed by atoms with Crippen molar-refractivity contribution in [3.05, 3.63) is 59.2 Å². The van der Waals surface area contributed by atoms with Crippen LogP contribution in [0.4, 0.5) is 11.4 Å². The predicted molar refractivity (Wildman–Crippen MR) is 87.5 cm³/mol. The summed E-state index contributed by atoms with van der Waals surface area (Å²) in [7, 11) is 4.00. The number of nitrogen functional groups attached to an aromatic ring is 1. The zero-order chi connectivity index (χ0) is 15.4. The van der Waals surface area contributed by atoms with Crippen molar-refractivity contribution in [3.8, 4) is 0 Å². The van der Waals surface area contributed by atoms with Crippen LogP contribution in [0.2, 0.25) is 0 Å². The maximum atomic E-state index is 12.2. The Balaban J connectivity index is 2.02. The summed E-state index contributed by atoms with van der Waals surface area (Å²) in [6, 6.07) is 13.5. The Hall–Kier alpha value is -2.49. The fourth-order valence-electron chi connectivity index (χ4n) is 2.09. The zero-order valence-electron chi connectivity index (χ0n) is 12.7. The molecule has 0 fully saturated rings. The third-order valence-electron chi connectivity index (χ3n) is 3.53. The Morgan fingerprint density at radius 2 is 1.81 bits per heavy atom. The molecule has 0 aliphatic carbocycles. The Morgan fingerprint density at radius 3 is 2.43 bits per heavy atom. The molecule has 21 heavy (non-hydrogen) atoms. The fraction of sp³-hybridized carbons (Fsp3) is 0.235. The molecule has 0 saturated heterocycles. The molecule has 4 heteroatoms. The van der Waals surface area contributed by atoms with E-state index in [1.54, 1.807) is 18.2 Å². The highest BCUT2D eigenvalue weighted by atomic mass is 16.1. The summed E-state index contributed by atoms with van der Waals surface area (Å²) in [5.74, 6) is -0.100. The molecule has 0 saturated carbocycles. The largest absolute Gasteiger partial charge is 0.398 e. The normalized spacial score (nSPS) is 10.2. The van der Waals surface area contributed by atoms with E-state index in [4.69, 9.17) is 5.73 Å². The molecule has 0 spiro atoms. The molecule has 0 aromatic heterocycles. The third-order valence-corrected chi connectivity index (χ3v) is 3.53. The SMILES string of the molecule is Cc1c(N)cccc1C(=O)NCc1ccc(N(C)C)cc1. The number of nitrogens with two attached hydrogens (primary N) is 1. The number of hydrogen-bond donors (Lipinski definition) is 2. The van der Waals surface area contributed by atoms with E-state index >= 15 is 0 Å². The average molecular weight is 283 g/mol. The van der Waals surface area contributed by atoms with E-state index in [0.717, 1.165) is 16.8 Å². The molecule has 0 aliphatic rings. The van der Waals surface area contributed by atoms with Crippen molar-refractivity contribution in [1.29, 1.82) is 0 Å². The molecular formula is C17H21N3O. The summed E-state index contributed by atoms with van der Waals surface area (Å²) >= 11 is 0. The first-order chi connectivity index (χ1) is 9.99. The van der Waals surface area contributed by atoms with Gasteiger partial charge in [0.2, 0.25) is 0 Å². The van der Waals surface area contributed by atoms with Crippen molar-refractivity contribution >= 4 is 17.3 Å². The number of hydrogen-bond acceptors (Lipinski definition) is 3. The van der Waals surface area contributed by atoms with Crippen LogP contribution in [0.5, 0.6) is 0 Å². The van der Waals surface area contributed by atoms with Crippen molar-refractivity contribution in [2.24, 2.45) is 0 Å². The molecule has 1 amide bonds. The smallest absolute Gasteiger partial charge is 0.251 e. The number of carbonyl (C=O) groups is 1. The Morgan fingerprint density at radius 1 is 1.14 bits per heavy atom. The Bertz CT molecular complexity index is 633. The Labute approximate surface area is 125 Å². The molecular weight excluding hydrogens is 262 g/mol. The molecule has 110 valence electrons. The monoisotopic (exact) mass is 283 g/mol. The van der Waals surface area contributed by atoms with Gasteiger partial charge in [0.15, 0.2) is 0 Å². The summed E-state index contributed by atoms with van der Waals surface area (Å²) < 4.78 is 0. The van der Waals surface area contributed by atoms with Gasteiger partial charge in [0.25, 0.3) is 5.91 Å². The maximum absolute atomic E-state index is 12.2. The second-order valence-electron chi connectivity index (χ2n) is 5.26. The van der Waals surface area contributed by atoms with E-state index in [0.29, 0.717) is 17.8 Å². The average Bonchev–Trinajstić information content (AvgIpc) is 2.48. The van der Waals surface area contributed by atoms with Crippen LogP contribution in [0.15, 0.2) is 42.5 Å². The van der Waals surface area contributed by atoms with E-state index < -0.39 is 0 Å². The van der Waals surface area contributed by atoms with Gasteiger partial charge in [-0.3, -0.25) is 4.79 Å². The number of anilines is 2. The van der Waals surface area contributed by atoms with E-state index in [2.05, 4.69) is 5.32 Å². The van der Waals surface area contributed by atoms with Crippen LogP contribution in [0.1, 0.15) is 21.5 Å². The van der Waals surface area contributed by atoms with Crippen LogP contribution < -0.4 is 16.0 Å². The lowest BCUT2D eigenvalue weighted by Crippen LogP contribution is -2.23. The summed E-state index contributed by atoms with van der Waals surface area (Å²) in [5, 5.41) is 2.92. The molecule has 2 rings (SSSR count). The summed E-state index contributed by atoms with van der Waals surface area (Å²) in [6.45, 7) is 2.36. The van der Waals surface area contributed by atoms with Crippen molar-refractivity contribution in [2.75, 3.05) is 24.7 Å². The molecule has 0 atom stereocenters. The number of nitrogens with zero attached hydrogens (tertiary/aromatic N) is 1. The summed E-state index contributed by atoms with van der Waals surface area (Å²) in [6.07, 6.45) is 0. The molecule has 0 heterocycles. The van der Waals surface area contributed by atoms with Gasteiger partial charge in [-0.1, -0.05) is 18.2 Å². The van der Waals surface area contributed by atoms with Crippen molar-refractivity contribution in [3.63, 3.8) is 0 Å². The predicted octanol–water partition coefficient (Wildman–Crippen LogP) is 2.57. The lowest BCUT2D eigenvalue weighted by molar-refractivity contribution is 0.0950. The van der Waals surface area contributed by atoms with Gasteiger partial charge < -0.3 is 16.0 Å². The van der Waals surface area contributed by atoms with Crippen LogP contribution in [0.3, 0.4) is 0 Å². The van der Waals surface area contributed by atoms with E-state index in [1.807, 2.05) is 50.2 Å². The molecule has 0 radical (unpaired) electrons. The highest BCUT2D eigenvalue weighted by Crippen LogP contribution is 2.16. The lowest BCUT2D eigenvalue weighted by atomic mass is 10.1. The standard InChI is InChI=1S/C17H21N3O/c1-12-15(5-4-6-16(12)18)17(21)19-11-13-7-9-14(10-8-13)20(2)3/h4-10H,11,18H2,1-3H3,(H,19,21). The quantitative estimate of drug-likeness (QED) is 0.848. The van der Waals surface area contributed by atoms with Gasteiger partial charge in [-0.15, -0.1) is 0 Å². The summed E-state index contributed by atoms with van der Waals surface area (Å²) in [4.78, 5) is 14.2. The second-order valence-corrected chi connectivity index (χ2v) is 5.26. The van der Waals surface area contributed by atoms with Gasteiger partial charge in [-0.2, -0.15) is 0 Å². The number of nitrogens with one attached hydrogen (secondary N) is 1. The number of rotatable bonds is 4. The van der Waals surface area contributed by atoms with Crippen molar-refractivity contribution < 1.29 is 4.79 Å². The first-order valence-corrected chi connectivity index (χ1v) is 6.88. The van der Waals surface area contributed by atoms with Gasteiger partial charge in [0.1, 0.15) is 0 Å². The molecule has 2 aromatic rings. The van der Waals surface area contributed by atoms with Gasteiger partial charge >= 0.3 is 0 Å². The summed E-state index contributed by atoms with van der Waals surface area (Å²) in [5.41, 5.74) is 10.1. The lowest BCUT2D eigenvalue weighted by Gasteiger charge is -2.13. The van der Waals surface area contributed by atoms with E-state index in [9.17, 15) is 4.79 Å². The number of carbonyl (C=O) groups excluding carboxylic acids is 1. The van der Waals surface area contributed by atoms with Crippen LogP contribution in [-0.4, -0.2) is 20.0 Å². The highest BCUT2D eigenvalue weighted by Gasteiger charge is 2.10. The van der Waals surface area contributed by atoms with Crippen molar-refractivity contribution in [1.82, 2.24) is 5.32 Å². The minimum atomic E-state index is -0.100. The van der Waals surface area contributed by atoms with Crippen LogP contribution >= 0.6 is 0 Å². The van der Waals surface area contributed by atoms with Crippen molar-refractivity contribution in [2.45, 2.75) is 13.5 Å². The third kappa shape index (κ3) is 3.54. The topological polar surface area (TPSA) is 58.4 Å². The molecule has 0 unspecified atom stereocenters. The molecule has 2 aromatic carbocycles. The zero-order valence-corrected chi connectivity index (χ0v) is 12.7.